The molecule has 14 heavy (non-hydrogen) atoms. The van der Waals surface area contributed by atoms with Gasteiger partial charge in [0, 0.05) is 5.56 Å². The van der Waals surface area contributed by atoms with E-state index >= 15 is 0 Å². The Balaban J connectivity index is 2.52. The molecule has 1 heterocycles. The van der Waals surface area contributed by atoms with Crippen LogP contribution in [0.15, 0.2) is 43.1 Å². The molecule has 0 saturated heterocycles. The predicted molar refractivity (Wildman–Crippen MR) is 53.4 cm³/mol. The lowest BCUT2D eigenvalue weighted by Crippen LogP contribution is -1.99. The van der Waals surface area contributed by atoms with Gasteiger partial charge in [0.25, 0.3) is 0 Å². The predicted octanol–water partition coefficient (Wildman–Crippen LogP) is 1.93. The Kier molecular flexibility index (Phi) is 2.02. The smallest absolute Gasteiger partial charge is 0.206 e. The highest BCUT2D eigenvalue weighted by Crippen LogP contribution is 2.18. The number of nitrogens with zero attached hydrogens (tertiary/aromatic N) is 3. The second-order valence-electron chi connectivity index (χ2n) is 2.81. The molecule has 2 rings (SSSR count). The van der Waals surface area contributed by atoms with Crippen LogP contribution in [-0.2, 0) is 0 Å². The van der Waals surface area contributed by atoms with Crippen molar-refractivity contribution in [3.05, 3.63) is 43.1 Å². The summed E-state index contributed by atoms with van der Waals surface area (Å²) in [5.74, 6) is -0.138. The van der Waals surface area contributed by atoms with Crippen molar-refractivity contribution in [1.29, 1.82) is 0 Å². The molecule has 0 radical (unpaired) electrons. The Morgan fingerprint density at radius 1 is 1.29 bits per heavy atom. The molecular weight excluding hydrogens is 178 g/mol. The van der Waals surface area contributed by atoms with E-state index in [-0.39, 0.29) is 5.88 Å². The SMILES string of the molecule is C=C(O)n1nncc1-c1ccccc1. The number of hydrogen-bond acceptors (Lipinski definition) is 3. The van der Waals surface area contributed by atoms with Gasteiger partial charge < -0.3 is 5.11 Å². The summed E-state index contributed by atoms with van der Waals surface area (Å²) < 4.78 is 1.29. The van der Waals surface area contributed by atoms with Gasteiger partial charge in [-0.1, -0.05) is 35.5 Å². The number of aromatic nitrogens is 3. The van der Waals surface area contributed by atoms with Gasteiger partial charge in [0.05, 0.1) is 11.9 Å². The molecule has 0 atom stereocenters. The molecule has 70 valence electrons. The molecule has 4 heteroatoms. The van der Waals surface area contributed by atoms with Crippen molar-refractivity contribution >= 4 is 5.88 Å². The van der Waals surface area contributed by atoms with Crippen molar-refractivity contribution in [3.8, 4) is 11.3 Å². The van der Waals surface area contributed by atoms with E-state index in [0.717, 1.165) is 11.3 Å². The number of benzene rings is 1. The standard InChI is InChI=1S/C10H9N3O/c1-8(14)13-10(7-11-12-13)9-5-3-2-4-6-9/h2-7,14H,1H2. The first kappa shape index (κ1) is 8.50. The third kappa shape index (κ3) is 1.37. The van der Waals surface area contributed by atoms with Crippen LogP contribution in [0.5, 0.6) is 0 Å². The van der Waals surface area contributed by atoms with Gasteiger partial charge in [0.15, 0.2) is 0 Å². The van der Waals surface area contributed by atoms with E-state index in [2.05, 4.69) is 16.9 Å². The molecule has 1 aromatic carbocycles. The lowest BCUT2D eigenvalue weighted by atomic mass is 10.2. The van der Waals surface area contributed by atoms with Crippen LogP contribution in [0.2, 0.25) is 0 Å². The molecule has 2 aromatic rings. The second-order valence-corrected chi connectivity index (χ2v) is 2.81. The minimum absolute atomic E-state index is 0.138. The number of rotatable bonds is 2. The highest BCUT2D eigenvalue weighted by molar-refractivity contribution is 5.61. The molecule has 0 saturated carbocycles. The summed E-state index contributed by atoms with van der Waals surface area (Å²) >= 11 is 0. The first-order valence-corrected chi connectivity index (χ1v) is 4.13. The molecule has 0 spiro atoms. The van der Waals surface area contributed by atoms with Crippen LogP contribution in [0.1, 0.15) is 0 Å². The van der Waals surface area contributed by atoms with E-state index in [1.54, 1.807) is 6.20 Å². The van der Waals surface area contributed by atoms with Gasteiger partial charge in [0.1, 0.15) is 0 Å². The molecular formula is C10H9N3O. The maximum Gasteiger partial charge on any atom is 0.206 e. The molecule has 1 N–H and O–H groups in total. The van der Waals surface area contributed by atoms with E-state index in [9.17, 15) is 5.11 Å². The average Bonchev–Trinajstić information content (AvgIpc) is 2.67. The molecule has 0 unspecified atom stereocenters. The van der Waals surface area contributed by atoms with E-state index < -0.39 is 0 Å². The zero-order chi connectivity index (χ0) is 9.97. The minimum atomic E-state index is -0.138. The van der Waals surface area contributed by atoms with Gasteiger partial charge in [-0.25, -0.2) is 0 Å². The summed E-state index contributed by atoms with van der Waals surface area (Å²) in [6.07, 6.45) is 1.58. The second kappa shape index (κ2) is 3.33. The molecule has 0 aliphatic rings. The molecule has 0 fully saturated rings. The third-order valence-electron chi connectivity index (χ3n) is 1.86. The van der Waals surface area contributed by atoms with Crippen molar-refractivity contribution < 1.29 is 5.11 Å². The first-order valence-electron chi connectivity index (χ1n) is 4.13. The van der Waals surface area contributed by atoms with Crippen molar-refractivity contribution in [2.75, 3.05) is 0 Å². The maximum absolute atomic E-state index is 9.22. The zero-order valence-corrected chi connectivity index (χ0v) is 7.46. The first-order chi connectivity index (χ1) is 6.79. The van der Waals surface area contributed by atoms with Crippen LogP contribution in [-0.4, -0.2) is 20.1 Å². The maximum atomic E-state index is 9.22. The number of hydrogen-bond donors (Lipinski definition) is 1. The summed E-state index contributed by atoms with van der Waals surface area (Å²) in [6.45, 7) is 3.40. The molecule has 0 bridgehead atoms. The lowest BCUT2D eigenvalue weighted by Gasteiger charge is -2.02. The van der Waals surface area contributed by atoms with Crippen LogP contribution >= 0.6 is 0 Å². The monoisotopic (exact) mass is 187 g/mol. The topological polar surface area (TPSA) is 50.9 Å². The lowest BCUT2D eigenvalue weighted by molar-refractivity contribution is 0.457. The quantitative estimate of drug-likeness (QED) is 0.731. The summed E-state index contributed by atoms with van der Waals surface area (Å²) in [4.78, 5) is 0. The van der Waals surface area contributed by atoms with Crippen LogP contribution in [0.25, 0.3) is 17.1 Å². The fourth-order valence-corrected chi connectivity index (χ4v) is 1.23. The Hall–Kier alpha value is -2.10. The largest absolute Gasteiger partial charge is 0.494 e. The molecule has 0 aliphatic carbocycles. The van der Waals surface area contributed by atoms with Crippen molar-refractivity contribution in [3.63, 3.8) is 0 Å². The van der Waals surface area contributed by atoms with E-state index in [1.165, 1.54) is 4.68 Å². The normalized spacial score (nSPS) is 10.0. The Labute approximate surface area is 81.1 Å². The number of aliphatic hydroxyl groups excluding tert-OH is 1. The van der Waals surface area contributed by atoms with Crippen LogP contribution in [0.4, 0.5) is 0 Å². The van der Waals surface area contributed by atoms with E-state index in [4.69, 9.17) is 0 Å². The van der Waals surface area contributed by atoms with Gasteiger partial charge in [-0.2, -0.15) is 4.68 Å². The van der Waals surface area contributed by atoms with Gasteiger partial charge in [0.2, 0.25) is 5.88 Å². The van der Waals surface area contributed by atoms with Crippen molar-refractivity contribution in [2.45, 2.75) is 0 Å². The highest BCUT2D eigenvalue weighted by atomic mass is 16.3. The van der Waals surface area contributed by atoms with Crippen molar-refractivity contribution in [2.24, 2.45) is 0 Å². The Morgan fingerprint density at radius 3 is 2.64 bits per heavy atom. The summed E-state index contributed by atoms with van der Waals surface area (Å²) in [7, 11) is 0. The van der Waals surface area contributed by atoms with Gasteiger partial charge in [-0.3, -0.25) is 0 Å². The van der Waals surface area contributed by atoms with Crippen molar-refractivity contribution in [1.82, 2.24) is 15.0 Å². The Bertz CT molecular complexity index is 447. The van der Waals surface area contributed by atoms with Gasteiger partial charge in [-0.15, -0.1) is 5.10 Å². The third-order valence-corrected chi connectivity index (χ3v) is 1.86. The molecule has 1 aromatic heterocycles. The fourth-order valence-electron chi connectivity index (χ4n) is 1.23. The molecule has 0 amide bonds. The zero-order valence-electron chi connectivity index (χ0n) is 7.46. The van der Waals surface area contributed by atoms with E-state index in [0.29, 0.717) is 0 Å². The summed E-state index contributed by atoms with van der Waals surface area (Å²) in [6, 6.07) is 9.57. The van der Waals surface area contributed by atoms with Crippen LogP contribution in [0.3, 0.4) is 0 Å². The average molecular weight is 187 g/mol. The summed E-state index contributed by atoms with van der Waals surface area (Å²) in [5, 5.41) is 16.6. The van der Waals surface area contributed by atoms with Crippen LogP contribution in [0, 0.1) is 0 Å². The van der Waals surface area contributed by atoms with Crippen LogP contribution < -0.4 is 0 Å². The Morgan fingerprint density at radius 2 is 2.00 bits per heavy atom. The van der Waals surface area contributed by atoms with E-state index in [1.807, 2.05) is 30.3 Å². The summed E-state index contributed by atoms with van der Waals surface area (Å²) in [5.41, 5.74) is 1.66. The van der Waals surface area contributed by atoms with Gasteiger partial charge in [-0.05, 0) is 6.58 Å². The highest BCUT2D eigenvalue weighted by Gasteiger charge is 2.07. The number of aliphatic hydroxyl groups is 1. The molecule has 4 nitrogen and oxygen atoms in total. The molecule has 0 aliphatic heterocycles. The minimum Gasteiger partial charge on any atom is -0.494 e. The van der Waals surface area contributed by atoms with Gasteiger partial charge >= 0.3 is 0 Å². The fraction of sp³-hybridized carbons (Fsp3) is 0.